The zero-order valence-corrected chi connectivity index (χ0v) is 18.7. The molecule has 1 saturated carbocycles. The van der Waals surface area contributed by atoms with Crippen molar-refractivity contribution in [1.82, 2.24) is 9.80 Å². The predicted octanol–water partition coefficient (Wildman–Crippen LogP) is 2.66. The SMILES string of the molecule is C[C@@H]1CC[C@H]2C(CN3CCN(CCO)CC3)=C(C(F)(F)F)O[C@@H]3O[C@@]4(C)CC[C@@H]1[C@]32OO4. The highest BCUT2D eigenvalue weighted by Gasteiger charge is 2.70. The molecule has 6 rings (SSSR count). The number of alkyl halides is 3. The van der Waals surface area contributed by atoms with Crippen LogP contribution in [0.15, 0.2) is 11.3 Å². The Balaban J connectivity index is 1.50. The first-order chi connectivity index (χ1) is 15.2. The van der Waals surface area contributed by atoms with Gasteiger partial charge in [0.05, 0.1) is 6.61 Å². The molecular formula is C22H33F3N2O5. The van der Waals surface area contributed by atoms with E-state index in [1.165, 1.54) is 0 Å². The number of hydrogen-bond donors (Lipinski definition) is 1. The molecule has 7 nitrogen and oxygen atoms in total. The Labute approximate surface area is 186 Å². The summed E-state index contributed by atoms with van der Waals surface area (Å²) in [5, 5.41) is 9.16. The summed E-state index contributed by atoms with van der Waals surface area (Å²) in [7, 11) is 0. The van der Waals surface area contributed by atoms with Crippen LogP contribution in [0.25, 0.3) is 0 Å². The van der Waals surface area contributed by atoms with Crippen molar-refractivity contribution < 1.29 is 37.5 Å². The van der Waals surface area contributed by atoms with Crippen LogP contribution >= 0.6 is 0 Å². The van der Waals surface area contributed by atoms with E-state index in [1.807, 2.05) is 4.90 Å². The van der Waals surface area contributed by atoms with Gasteiger partial charge in [0.15, 0.2) is 5.60 Å². The number of β-amino-alcohol motifs (C(OH)–C–C–N with tert-alkyl or cyclic N) is 1. The second kappa shape index (κ2) is 8.09. The van der Waals surface area contributed by atoms with Gasteiger partial charge in [-0.3, -0.25) is 9.80 Å². The quantitative estimate of drug-likeness (QED) is 0.645. The Morgan fingerprint density at radius 3 is 2.47 bits per heavy atom. The molecule has 1 N–H and O–H groups in total. The third-order valence-electron chi connectivity index (χ3n) is 8.19. The van der Waals surface area contributed by atoms with Crippen molar-refractivity contribution in [2.45, 2.75) is 63.4 Å². The number of aliphatic hydroxyl groups is 1. The van der Waals surface area contributed by atoms with Crippen LogP contribution in [-0.2, 0) is 19.2 Å². The molecule has 0 aromatic heterocycles. The first-order valence-electron chi connectivity index (χ1n) is 11.7. The predicted molar refractivity (Wildman–Crippen MR) is 107 cm³/mol. The topological polar surface area (TPSA) is 63.6 Å². The average Bonchev–Trinajstić information content (AvgIpc) is 2.97. The summed E-state index contributed by atoms with van der Waals surface area (Å²) in [4.78, 5) is 15.9. The third kappa shape index (κ3) is 3.67. The Kier molecular flexibility index (Phi) is 5.78. The summed E-state index contributed by atoms with van der Waals surface area (Å²) in [6, 6.07) is 0. The molecule has 0 radical (unpaired) electrons. The van der Waals surface area contributed by atoms with Crippen LogP contribution < -0.4 is 0 Å². The van der Waals surface area contributed by atoms with Crippen LogP contribution in [0.4, 0.5) is 13.2 Å². The van der Waals surface area contributed by atoms with E-state index in [4.69, 9.17) is 24.4 Å². The van der Waals surface area contributed by atoms with Crippen LogP contribution in [0.3, 0.4) is 0 Å². The summed E-state index contributed by atoms with van der Waals surface area (Å²) in [5.41, 5.74) is -0.796. The van der Waals surface area contributed by atoms with Gasteiger partial charge in [-0.25, -0.2) is 9.78 Å². The second-order valence-electron chi connectivity index (χ2n) is 10.2. The van der Waals surface area contributed by atoms with E-state index in [2.05, 4.69) is 11.8 Å². The largest absolute Gasteiger partial charge is 0.456 e. The number of rotatable bonds is 4. The van der Waals surface area contributed by atoms with E-state index in [0.717, 1.165) is 25.9 Å². The van der Waals surface area contributed by atoms with Gasteiger partial charge in [0, 0.05) is 57.5 Å². The highest BCUT2D eigenvalue weighted by atomic mass is 19.4. The van der Waals surface area contributed by atoms with Crippen molar-refractivity contribution in [1.29, 1.82) is 0 Å². The second-order valence-corrected chi connectivity index (χ2v) is 10.2. The molecule has 5 heterocycles. The van der Waals surface area contributed by atoms with Crippen molar-refractivity contribution in [2.75, 3.05) is 45.9 Å². The standard InChI is InChI=1S/C22H33F3N2O5/c1-14-3-4-17-15(13-27-9-7-26(8-10-27)11-12-28)18(22(23,24)25)29-19-21(17)16(14)5-6-20(2,30-19)31-32-21/h14,16-17,19,28H,3-13H2,1-2H3/t14-,16+,17+,19-,20-,21-/m1/s1. The van der Waals surface area contributed by atoms with Gasteiger partial charge in [-0.05, 0) is 37.7 Å². The summed E-state index contributed by atoms with van der Waals surface area (Å²) in [6.45, 7) is 7.42. The smallest absolute Gasteiger partial charge is 0.449 e. The van der Waals surface area contributed by atoms with Crippen molar-refractivity contribution in [2.24, 2.45) is 17.8 Å². The highest BCUT2D eigenvalue weighted by molar-refractivity contribution is 5.29. The molecule has 6 aliphatic rings. The molecule has 0 amide bonds. The van der Waals surface area contributed by atoms with Gasteiger partial charge in [0.2, 0.25) is 17.8 Å². The van der Waals surface area contributed by atoms with Crippen LogP contribution in [0.2, 0.25) is 0 Å². The van der Waals surface area contributed by atoms with Crippen LogP contribution in [0, 0.1) is 17.8 Å². The van der Waals surface area contributed by atoms with Crippen molar-refractivity contribution in [3.63, 3.8) is 0 Å². The number of allylic oxidation sites excluding steroid dienone is 1. The van der Waals surface area contributed by atoms with Gasteiger partial charge in [-0.15, -0.1) is 0 Å². The maximum Gasteiger partial charge on any atom is 0.449 e. The number of piperazine rings is 1. The van der Waals surface area contributed by atoms with Crippen LogP contribution in [0.5, 0.6) is 0 Å². The number of nitrogens with zero attached hydrogens (tertiary/aromatic N) is 2. The first-order valence-corrected chi connectivity index (χ1v) is 11.7. The lowest BCUT2D eigenvalue weighted by molar-refractivity contribution is -0.557. The van der Waals surface area contributed by atoms with E-state index < -0.39 is 35.5 Å². The van der Waals surface area contributed by atoms with Gasteiger partial charge in [0.1, 0.15) is 0 Å². The fraction of sp³-hybridized carbons (Fsp3) is 0.909. The number of aliphatic hydroxyl groups excluding tert-OH is 1. The minimum absolute atomic E-state index is 0.00163. The lowest BCUT2D eigenvalue weighted by atomic mass is 9.59. The molecule has 0 unspecified atom stereocenters. The summed E-state index contributed by atoms with van der Waals surface area (Å²) in [5.74, 6) is -2.21. The summed E-state index contributed by atoms with van der Waals surface area (Å²) in [6.07, 6.45) is -3.00. The summed E-state index contributed by atoms with van der Waals surface area (Å²) >= 11 is 0. The minimum atomic E-state index is -4.61. The lowest BCUT2D eigenvalue weighted by Gasteiger charge is -2.57. The number of ether oxygens (including phenoxy) is 2. The molecular weight excluding hydrogens is 429 g/mol. The van der Waals surface area contributed by atoms with Gasteiger partial charge in [-0.2, -0.15) is 13.2 Å². The molecule has 5 aliphatic heterocycles. The first kappa shape index (κ1) is 22.9. The van der Waals surface area contributed by atoms with E-state index in [-0.39, 0.29) is 30.6 Å². The molecule has 5 fully saturated rings. The Morgan fingerprint density at radius 1 is 1.06 bits per heavy atom. The maximum atomic E-state index is 14.2. The molecule has 6 atom stereocenters. The maximum absolute atomic E-state index is 14.2. The van der Waals surface area contributed by atoms with Crippen LogP contribution in [0.1, 0.15) is 39.5 Å². The van der Waals surface area contributed by atoms with Crippen LogP contribution in [-0.4, -0.2) is 84.6 Å². The number of fused-ring (bicyclic) bond motifs is 2. The minimum Gasteiger partial charge on any atom is -0.456 e. The van der Waals surface area contributed by atoms with Crippen molar-refractivity contribution in [3.8, 4) is 0 Å². The number of halogens is 3. The number of hydrogen-bond acceptors (Lipinski definition) is 7. The normalized spacial score (nSPS) is 43.1. The molecule has 4 saturated heterocycles. The van der Waals surface area contributed by atoms with E-state index >= 15 is 0 Å². The average molecular weight is 463 g/mol. The molecule has 182 valence electrons. The third-order valence-corrected chi connectivity index (χ3v) is 8.19. The van der Waals surface area contributed by atoms with Gasteiger partial charge >= 0.3 is 6.18 Å². The molecule has 0 aromatic carbocycles. The van der Waals surface area contributed by atoms with Gasteiger partial charge in [-0.1, -0.05) is 6.92 Å². The van der Waals surface area contributed by atoms with Gasteiger partial charge < -0.3 is 14.6 Å². The Hall–Kier alpha value is -0.910. The Morgan fingerprint density at radius 2 is 1.78 bits per heavy atom. The molecule has 2 bridgehead atoms. The summed E-state index contributed by atoms with van der Waals surface area (Å²) < 4.78 is 54.4. The van der Waals surface area contributed by atoms with Crippen molar-refractivity contribution in [3.05, 3.63) is 11.3 Å². The fourth-order valence-corrected chi connectivity index (χ4v) is 6.47. The van der Waals surface area contributed by atoms with Gasteiger partial charge in [0.25, 0.3) is 0 Å². The monoisotopic (exact) mass is 462 g/mol. The van der Waals surface area contributed by atoms with E-state index in [1.54, 1.807) is 6.92 Å². The molecule has 0 aromatic rings. The zero-order chi connectivity index (χ0) is 22.7. The zero-order valence-electron chi connectivity index (χ0n) is 18.7. The van der Waals surface area contributed by atoms with E-state index in [9.17, 15) is 13.2 Å². The molecule has 32 heavy (non-hydrogen) atoms. The molecule has 1 aliphatic carbocycles. The fourth-order valence-electron chi connectivity index (χ4n) is 6.47. The van der Waals surface area contributed by atoms with E-state index in [0.29, 0.717) is 32.5 Å². The van der Waals surface area contributed by atoms with Crippen molar-refractivity contribution >= 4 is 0 Å². The highest BCUT2D eigenvalue weighted by Crippen LogP contribution is 2.61. The molecule has 10 heteroatoms. The Bertz CT molecular complexity index is 756. The lowest BCUT2D eigenvalue weighted by Crippen LogP contribution is -2.68. The molecule has 1 spiro atoms.